The van der Waals surface area contributed by atoms with E-state index in [1.165, 1.54) is 0 Å². The van der Waals surface area contributed by atoms with Crippen LogP contribution in [-0.2, 0) is 0 Å². The van der Waals surface area contributed by atoms with Gasteiger partial charge in [-0.3, -0.25) is 4.79 Å². The fourth-order valence-corrected chi connectivity index (χ4v) is 2.59. The number of aromatic nitrogens is 1. The standard InChI is InChI=1S/C19H21N3O/c1-14-7-10-17(11-8-14)22-19(23)15-9-12-18(20-13-15)21-16-5-3-2-4-6-16/h2-3,7-13,16H,4-6H2,1H3,(H,20,21)(H,22,23). The fraction of sp³-hybridized carbons (Fsp3) is 0.263. The number of nitrogens with zero attached hydrogens (tertiary/aromatic N) is 1. The van der Waals surface area contributed by atoms with Crippen LogP contribution in [0.5, 0.6) is 0 Å². The van der Waals surface area contributed by atoms with Gasteiger partial charge in [0.15, 0.2) is 0 Å². The van der Waals surface area contributed by atoms with E-state index < -0.39 is 0 Å². The molecular formula is C19H21N3O. The number of carbonyl (C=O) groups excluding carboxylic acids is 1. The lowest BCUT2D eigenvalue weighted by Gasteiger charge is -2.19. The molecule has 0 radical (unpaired) electrons. The molecule has 2 aromatic rings. The third kappa shape index (κ3) is 4.19. The molecule has 1 aliphatic rings. The average molecular weight is 307 g/mol. The smallest absolute Gasteiger partial charge is 0.257 e. The maximum absolute atomic E-state index is 12.2. The summed E-state index contributed by atoms with van der Waals surface area (Å²) in [4.78, 5) is 16.6. The van der Waals surface area contributed by atoms with Crippen LogP contribution in [0.15, 0.2) is 54.7 Å². The molecule has 4 heteroatoms. The molecule has 1 amide bonds. The summed E-state index contributed by atoms with van der Waals surface area (Å²) in [5.74, 6) is 0.672. The van der Waals surface area contributed by atoms with E-state index in [0.29, 0.717) is 11.6 Å². The second-order valence-electron chi connectivity index (χ2n) is 5.88. The lowest BCUT2D eigenvalue weighted by Crippen LogP contribution is -2.21. The van der Waals surface area contributed by atoms with Gasteiger partial charge in [0.25, 0.3) is 5.91 Å². The van der Waals surface area contributed by atoms with Gasteiger partial charge in [-0.15, -0.1) is 0 Å². The molecule has 1 aliphatic carbocycles. The van der Waals surface area contributed by atoms with Crippen molar-refractivity contribution >= 4 is 17.4 Å². The lowest BCUT2D eigenvalue weighted by atomic mass is 10.0. The van der Waals surface area contributed by atoms with Crippen molar-refractivity contribution in [1.29, 1.82) is 0 Å². The van der Waals surface area contributed by atoms with Gasteiger partial charge in [0.2, 0.25) is 0 Å². The predicted octanol–water partition coefficient (Wildman–Crippen LogP) is 4.16. The molecule has 1 heterocycles. The largest absolute Gasteiger partial charge is 0.367 e. The maximum Gasteiger partial charge on any atom is 0.257 e. The van der Waals surface area contributed by atoms with Gasteiger partial charge in [0.1, 0.15) is 5.82 Å². The summed E-state index contributed by atoms with van der Waals surface area (Å²) < 4.78 is 0. The van der Waals surface area contributed by atoms with Crippen molar-refractivity contribution in [3.05, 3.63) is 65.9 Å². The molecule has 23 heavy (non-hydrogen) atoms. The maximum atomic E-state index is 12.2. The SMILES string of the molecule is Cc1ccc(NC(=O)c2ccc(NC3CC=CCC3)nc2)cc1. The summed E-state index contributed by atoms with van der Waals surface area (Å²) in [5.41, 5.74) is 2.51. The summed E-state index contributed by atoms with van der Waals surface area (Å²) in [6.45, 7) is 2.02. The number of nitrogens with one attached hydrogen (secondary N) is 2. The second-order valence-corrected chi connectivity index (χ2v) is 5.88. The number of benzene rings is 1. The van der Waals surface area contributed by atoms with Gasteiger partial charge in [0.05, 0.1) is 5.56 Å². The zero-order valence-corrected chi connectivity index (χ0v) is 13.3. The molecule has 4 nitrogen and oxygen atoms in total. The van der Waals surface area contributed by atoms with Crippen molar-refractivity contribution in [2.75, 3.05) is 10.6 Å². The first-order valence-corrected chi connectivity index (χ1v) is 7.96. The van der Waals surface area contributed by atoms with Crippen LogP contribution in [0.25, 0.3) is 0 Å². The molecule has 1 unspecified atom stereocenters. The highest BCUT2D eigenvalue weighted by molar-refractivity contribution is 6.04. The Hall–Kier alpha value is -2.62. The minimum atomic E-state index is -0.145. The number of rotatable bonds is 4. The van der Waals surface area contributed by atoms with Crippen molar-refractivity contribution in [3.63, 3.8) is 0 Å². The van der Waals surface area contributed by atoms with Crippen molar-refractivity contribution in [1.82, 2.24) is 4.98 Å². The van der Waals surface area contributed by atoms with Gasteiger partial charge < -0.3 is 10.6 Å². The molecule has 2 N–H and O–H groups in total. The molecule has 0 spiro atoms. The van der Waals surface area contributed by atoms with E-state index in [1.807, 2.05) is 37.3 Å². The van der Waals surface area contributed by atoms with Gasteiger partial charge in [-0.1, -0.05) is 29.8 Å². The molecule has 118 valence electrons. The highest BCUT2D eigenvalue weighted by Gasteiger charge is 2.11. The zero-order chi connectivity index (χ0) is 16.1. The highest BCUT2D eigenvalue weighted by atomic mass is 16.1. The number of allylic oxidation sites excluding steroid dienone is 1. The van der Waals surface area contributed by atoms with Gasteiger partial charge in [-0.05, 0) is 50.5 Å². The third-order valence-corrected chi connectivity index (χ3v) is 3.96. The number of hydrogen-bond donors (Lipinski definition) is 2. The summed E-state index contributed by atoms with van der Waals surface area (Å²) in [6, 6.07) is 11.8. The van der Waals surface area contributed by atoms with Crippen LogP contribution in [0.2, 0.25) is 0 Å². The van der Waals surface area contributed by atoms with Crippen LogP contribution in [-0.4, -0.2) is 16.9 Å². The molecule has 0 saturated carbocycles. The number of aryl methyl sites for hydroxylation is 1. The topological polar surface area (TPSA) is 54.0 Å². The molecule has 0 saturated heterocycles. The van der Waals surface area contributed by atoms with Gasteiger partial charge >= 0.3 is 0 Å². The van der Waals surface area contributed by atoms with E-state index in [1.54, 1.807) is 12.3 Å². The Morgan fingerprint density at radius 2 is 1.96 bits per heavy atom. The molecule has 0 bridgehead atoms. The second kappa shape index (κ2) is 7.09. The molecule has 0 fully saturated rings. The Bertz CT molecular complexity index is 690. The van der Waals surface area contributed by atoms with E-state index in [0.717, 1.165) is 36.3 Å². The van der Waals surface area contributed by atoms with Gasteiger partial charge in [-0.25, -0.2) is 4.98 Å². The molecular weight excluding hydrogens is 286 g/mol. The fourth-order valence-electron chi connectivity index (χ4n) is 2.59. The Morgan fingerprint density at radius 1 is 1.13 bits per heavy atom. The Kier molecular flexibility index (Phi) is 4.71. The normalized spacial score (nSPS) is 16.8. The van der Waals surface area contributed by atoms with Crippen molar-refractivity contribution in [2.24, 2.45) is 0 Å². The van der Waals surface area contributed by atoms with E-state index in [2.05, 4.69) is 27.8 Å². The van der Waals surface area contributed by atoms with E-state index in [9.17, 15) is 4.79 Å². The molecule has 3 rings (SSSR count). The summed E-state index contributed by atoms with van der Waals surface area (Å²) in [5, 5.41) is 6.29. The summed E-state index contributed by atoms with van der Waals surface area (Å²) in [7, 11) is 0. The van der Waals surface area contributed by atoms with Crippen LogP contribution >= 0.6 is 0 Å². The van der Waals surface area contributed by atoms with E-state index in [-0.39, 0.29) is 5.91 Å². The number of carbonyl (C=O) groups is 1. The van der Waals surface area contributed by atoms with Crippen LogP contribution in [0.1, 0.15) is 35.2 Å². The highest BCUT2D eigenvalue weighted by Crippen LogP contribution is 2.16. The first kappa shape index (κ1) is 15.3. The quantitative estimate of drug-likeness (QED) is 0.834. The van der Waals surface area contributed by atoms with Gasteiger partial charge in [0, 0.05) is 17.9 Å². The summed E-state index contributed by atoms with van der Waals surface area (Å²) in [6.07, 6.45) is 9.28. The first-order chi connectivity index (χ1) is 11.2. The molecule has 0 aliphatic heterocycles. The molecule has 1 aromatic carbocycles. The Morgan fingerprint density at radius 3 is 2.61 bits per heavy atom. The first-order valence-electron chi connectivity index (χ1n) is 7.96. The van der Waals surface area contributed by atoms with Crippen LogP contribution in [0, 0.1) is 6.92 Å². The van der Waals surface area contributed by atoms with E-state index >= 15 is 0 Å². The van der Waals surface area contributed by atoms with Crippen LogP contribution in [0.3, 0.4) is 0 Å². The summed E-state index contributed by atoms with van der Waals surface area (Å²) >= 11 is 0. The number of anilines is 2. The Balaban J connectivity index is 1.60. The van der Waals surface area contributed by atoms with Crippen molar-refractivity contribution in [3.8, 4) is 0 Å². The lowest BCUT2D eigenvalue weighted by molar-refractivity contribution is 0.102. The van der Waals surface area contributed by atoms with Gasteiger partial charge in [-0.2, -0.15) is 0 Å². The molecule has 1 aromatic heterocycles. The van der Waals surface area contributed by atoms with Crippen molar-refractivity contribution < 1.29 is 4.79 Å². The zero-order valence-electron chi connectivity index (χ0n) is 13.3. The number of amides is 1. The number of hydrogen-bond acceptors (Lipinski definition) is 3. The Labute approximate surface area is 136 Å². The van der Waals surface area contributed by atoms with Crippen molar-refractivity contribution in [2.45, 2.75) is 32.2 Å². The predicted molar refractivity (Wildman–Crippen MR) is 93.8 cm³/mol. The van der Waals surface area contributed by atoms with Crippen LogP contribution in [0.4, 0.5) is 11.5 Å². The average Bonchev–Trinajstić information content (AvgIpc) is 2.58. The number of pyridine rings is 1. The third-order valence-electron chi connectivity index (χ3n) is 3.96. The van der Waals surface area contributed by atoms with Crippen LogP contribution < -0.4 is 10.6 Å². The minimum absolute atomic E-state index is 0.145. The minimum Gasteiger partial charge on any atom is -0.367 e. The monoisotopic (exact) mass is 307 g/mol. The van der Waals surface area contributed by atoms with E-state index in [4.69, 9.17) is 0 Å². The molecule has 1 atom stereocenters.